The molecule has 1 unspecified atom stereocenters. The number of hydrogen-bond donors (Lipinski definition) is 1. The molecule has 0 fully saturated rings. The molecule has 0 aliphatic heterocycles. The fourth-order valence-corrected chi connectivity index (χ4v) is 2.33. The minimum atomic E-state index is -4.70. The number of halogens is 3. The smallest absolute Gasteiger partial charge is 0.466 e. The predicted molar refractivity (Wildman–Crippen MR) is 72.2 cm³/mol. The number of nitrogens with one attached hydrogen (secondary N) is 1. The molecule has 6 heteroatoms. The van der Waals surface area contributed by atoms with Crippen molar-refractivity contribution in [3.63, 3.8) is 0 Å². The molecule has 21 heavy (non-hydrogen) atoms. The first kappa shape index (κ1) is 15.4. The average Bonchev–Trinajstić information content (AvgIpc) is 2.68. The third-order valence-electron chi connectivity index (χ3n) is 3.10. The Morgan fingerprint density at radius 3 is 2.43 bits per heavy atom. The molecule has 0 saturated carbocycles. The standard InChI is InChI=1S/C15H16F3NO2/c1-9-7-13(10(2)20-9)14(19-3)11-5-4-6-12(8-11)21-15(16,17)18/h4-8,14,19H,1-3H3. The lowest BCUT2D eigenvalue weighted by Crippen LogP contribution is -2.19. The Balaban J connectivity index is 2.35. The van der Waals surface area contributed by atoms with Gasteiger partial charge in [-0.15, -0.1) is 13.2 Å². The van der Waals surface area contributed by atoms with E-state index in [2.05, 4.69) is 10.1 Å². The van der Waals surface area contributed by atoms with Crippen molar-refractivity contribution < 1.29 is 22.3 Å². The van der Waals surface area contributed by atoms with Gasteiger partial charge in [-0.2, -0.15) is 0 Å². The van der Waals surface area contributed by atoms with E-state index in [1.807, 2.05) is 19.9 Å². The van der Waals surface area contributed by atoms with Crippen molar-refractivity contribution in [1.82, 2.24) is 5.32 Å². The number of benzene rings is 1. The van der Waals surface area contributed by atoms with Gasteiger partial charge in [-0.25, -0.2) is 0 Å². The number of alkyl halides is 3. The van der Waals surface area contributed by atoms with E-state index in [9.17, 15) is 13.2 Å². The second-order valence-electron chi connectivity index (χ2n) is 4.71. The molecule has 1 atom stereocenters. The third kappa shape index (κ3) is 3.78. The Morgan fingerprint density at radius 1 is 1.19 bits per heavy atom. The highest BCUT2D eigenvalue weighted by molar-refractivity contribution is 5.38. The number of hydrogen-bond acceptors (Lipinski definition) is 3. The van der Waals surface area contributed by atoms with Crippen LogP contribution in [0.25, 0.3) is 0 Å². The number of furan rings is 1. The van der Waals surface area contributed by atoms with Crippen LogP contribution in [0.5, 0.6) is 5.75 Å². The van der Waals surface area contributed by atoms with Gasteiger partial charge in [-0.3, -0.25) is 0 Å². The summed E-state index contributed by atoms with van der Waals surface area (Å²) in [6, 6.07) is 7.52. The highest BCUT2D eigenvalue weighted by Gasteiger charge is 2.31. The molecule has 0 amide bonds. The maximum Gasteiger partial charge on any atom is 0.573 e. The number of aryl methyl sites for hydroxylation is 2. The zero-order valence-electron chi connectivity index (χ0n) is 11.9. The molecule has 3 nitrogen and oxygen atoms in total. The molecule has 1 aromatic carbocycles. The van der Waals surface area contributed by atoms with E-state index in [1.165, 1.54) is 18.2 Å². The lowest BCUT2D eigenvalue weighted by Gasteiger charge is -2.17. The molecule has 0 aliphatic rings. The molecule has 2 aromatic rings. The van der Waals surface area contributed by atoms with Gasteiger partial charge in [0.15, 0.2) is 0 Å². The summed E-state index contributed by atoms with van der Waals surface area (Å²) in [5, 5.41) is 3.08. The second kappa shape index (κ2) is 5.81. The monoisotopic (exact) mass is 299 g/mol. The van der Waals surface area contributed by atoms with Gasteiger partial charge in [0.25, 0.3) is 0 Å². The first-order chi connectivity index (χ1) is 9.80. The molecular formula is C15H16F3NO2. The van der Waals surface area contributed by atoms with Gasteiger partial charge in [0.05, 0.1) is 6.04 Å². The van der Waals surface area contributed by atoms with Crippen molar-refractivity contribution >= 4 is 0 Å². The zero-order valence-corrected chi connectivity index (χ0v) is 11.9. The van der Waals surface area contributed by atoms with E-state index in [-0.39, 0.29) is 11.8 Å². The summed E-state index contributed by atoms with van der Waals surface area (Å²) < 4.78 is 46.3. The van der Waals surface area contributed by atoms with Crippen LogP contribution in [-0.2, 0) is 0 Å². The Hall–Kier alpha value is -1.95. The van der Waals surface area contributed by atoms with Gasteiger partial charge in [0.1, 0.15) is 17.3 Å². The molecule has 1 aromatic heterocycles. The van der Waals surface area contributed by atoms with Gasteiger partial charge in [-0.05, 0) is 44.7 Å². The molecule has 0 bridgehead atoms. The normalized spacial score (nSPS) is 13.2. The maximum atomic E-state index is 12.3. The van der Waals surface area contributed by atoms with E-state index in [0.717, 1.165) is 17.1 Å². The Labute approximate surface area is 120 Å². The predicted octanol–water partition coefficient (Wildman–Crippen LogP) is 4.10. The van der Waals surface area contributed by atoms with E-state index >= 15 is 0 Å². The fraction of sp³-hybridized carbons (Fsp3) is 0.333. The summed E-state index contributed by atoms with van der Waals surface area (Å²) in [6.07, 6.45) is -4.70. The quantitative estimate of drug-likeness (QED) is 0.923. The minimum Gasteiger partial charge on any atom is -0.466 e. The summed E-state index contributed by atoms with van der Waals surface area (Å²) in [5.74, 6) is 1.25. The zero-order chi connectivity index (χ0) is 15.6. The van der Waals surface area contributed by atoms with E-state index in [4.69, 9.17) is 4.42 Å². The van der Waals surface area contributed by atoms with Gasteiger partial charge in [0, 0.05) is 5.56 Å². The molecule has 1 N–H and O–H groups in total. The first-order valence-corrected chi connectivity index (χ1v) is 6.40. The van der Waals surface area contributed by atoms with Crippen LogP contribution in [0.3, 0.4) is 0 Å². The summed E-state index contributed by atoms with van der Waals surface area (Å²) >= 11 is 0. The van der Waals surface area contributed by atoms with Crippen molar-refractivity contribution in [2.45, 2.75) is 26.3 Å². The van der Waals surface area contributed by atoms with Crippen LogP contribution >= 0.6 is 0 Å². The molecule has 0 aliphatic carbocycles. The minimum absolute atomic E-state index is 0.238. The molecule has 2 rings (SSSR count). The summed E-state index contributed by atoms with van der Waals surface area (Å²) in [7, 11) is 1.74. The summed E-state index contributed by atoms with van der Waals surface area (Å²) in [4.78, 5) is 0. The average molecular weight is 299 g/mol. The highest BCUT2D eigenvalue weighted by atomic mass is 19.4. The number of ether oxygens (including phenoxy) is 1. The Kier molecular flexibility index (Phi) is 4.27. The van der Waals surface area contributed by atoms with Crippen LogP contribution in [0.4, 0.5) is 13.2 Å². The van der Waals surface area contributed by atoms with Crippen molar-refractivity contribution in [2.24, 2.45) is 0 Å². The van der Waals surface area contributed by atoms with Crippen molar-refractivity contribution in [1.29, 1.82) is 0 Å². The van der Waals surface area contributed by atoms with Crippen LogP contribution in [0, 0.1) is 13.8 Å². The van der Waals surface area contributed by atoms with Crippen LogP contribution in [0.2, 0.25) is 0 Å². The topological polar surface area (TPSA) is 34.4 Å². The Bertz CT molecular complexity index is 620. The molecular weight excluding hydrogens is 283 g/mol. The van der Waals surface area contributed by atoms with E-state index in [1.54, 1.807) is 13.1 Å². The van der Waals surface area contributed by atoms with Gasteiger partial charge < -0.3 is 14.5 Å². The molecule has 1 heterocycles. The Morgan fingerprint density at radius 2 is 1.90 bits per heavy atom. The van der Waals surface area contributed by atoms with Crippen LogP contribution in [0.1, 0.15) is 28.7 Å². The van der Waals surface area contributed by atoms with Crippen LogP contribution < -0.4 is 10.1 Å². The molecule has 114 valence electrons. The largest absolute Gasteiger partial charge is 0.573 e. The van der Waals surface area contributed by atoms with Crippen LogP contribution in [0.15, 0.2) is 34.7 Å². The van der Waals surface area contributed by atoms with Crippen LogP contribution in [-0.4, -0.2) is 13.4 Å². The van der Waals surface area contributed by atoms with Crippen molar-refractivity contribution in [2.75, 3.05) is 7.05 Å². The molecule has 0 radical (unpaired) electrons. The summed E-state index contributed by atoms with van der Waals surface area (Å²) in [6.45, 7) is 3.65. The maximum absolute atomic E-state index is 12.3. The summed E-state index contributed by atoms with van der Waals surface area (Å²) in [5.41, 5.74) is 1.56. The van der Waals surface area contributed by atoms with E-state index in [0.29, 0.717) is 5.56 Å². The van der Waals surface area contributed by atoms with Crippen molar-refractivity contribution in [3.05, 3.63) is 53.0 Å². The van der Waals surface area contributed by atoms with Crippen molar-refractivity contribution in [3.8, 4) is 5.75 Å². The van der Waals surface area contributed by atoms with Gasteiger partial charge in [-0.1, -0.05) is 12.1 Å². The SMILES string of the molecule is CNC(c1cccc(OC(F)(F)F)c1)c1cc(C)oc1C. The lowest BCUT2D eigenvalue weighted by atomic mass is 9.99. The van der Waals surface area contributed by atoms with E-state index < -0.39 is 6.36 Å². The third-order valence-corrected chi connectivity index (χ3v) is 3.10. The fourth-order valence-electron chi connectivity index (χ4n) is 2.33. The van der Waals surface area contributed by atoms with Gasteiger partial charge >= 0.3 is 6.36 Å². The molecule has 0 spiro atoms. The molecule has 0 saturated heterocycles. The van der Waals surface area contributed by atoms with Gasteiger partial charge in [0.2, 0.25) is 0 Å². The highest BCUT2D eigenvalue weighted by Crippen LogP contribution is 2.30. The second-order valence-corrected chi connectivity index (χ2v) is 4.71. The lowest BCUT2D eigenvalue weighted by molar-refractivity contribution is -0.274. The first-order valence-electron chi connectivity index (χ1n) is 6.40. The number of rotatable bonds is 4.